The van der Waals surface area contributed by atoms with Crippen LogP contribution in [0, 0.1) is 11.6 Å². The molecule has 7 heteroatoms. The molecule has 1 aromatic heterocycles. The van der Waals surface area contributed by atoms with Gasteiger partial charge in [0, 0.05) is 19.7 Å². The van der Waals surface area contributed by atoms with Crippen molar-refractivity contribution in [2.75, 3.05) is 13.6 Å². The van der Waals surface area contributed by atoms with Gasteiger partial charge in [0.2, 0.25) is 0 Å². The summed E-state index contributed by atoms with van der Waals surface area (Å²) in [7, 11) is 1.63. The summed E-state index contributed by atoms with van der Waals surface area (Å²) < 4.78 is 31.2. The van der Waals surface area contributed by atoms with Gasteiger partial charge in [0.05, 0.1) is 6.54 Å². The Hall–Kier alpha value is -2.44. The van der Waals surface area contributed by atoms with Gasteiger partial charge < -0.3 is 15.2 Å². The molecular weight excluding hydrogens is 278 g/mol. The highest BCUT2D eigenvalue weighted by Gasteiger charge is 2.05. The molecular formula is C14H16F2N4O. The average Bonchev–Trinajstić information content (AvgIpc) is 2.99. The van der Waals surface area contributed by atoms with E-state index in [9.17, 15) is 8.78 Å². The van der Waals surface area contributed by atoms with E-state index in [1.54, 1.807) is 13.1 Å². The number of aliphatic imine (C=N–C) groups is 1. The van der Waals surface area contributed by atoms with Crippen molar-refractivity contribution in [2.24, 2.45) is 4.99 Å². The molecule has 5 nitrogen and oxygen atoms in total. The smallest absolute Gasteiger partial charge is 0.191 e. The molecule has 0 atom stereocenters. The van der Waals surface area contributed by atoms with Gasteiger partial charge in [0.1, 0.15) is 23.6 Å². The Kier molecular flexibility index (Phi) is 5.25. The second kappa shape index (κ2) is 7.37. The van der Waals surface area contributed by atoms with Crippen LogP contribution in [0.3, 0.4) is 0 Å². The number of nitrogens with zero attached hydrogens (tertiary/aromatic N) is 2. The first-order valence-corrected chi connectivity index (χ1v) is 6.46. The van der Waals surface area contributed by atoms with Crippen molar-refractivity contribution in [3.05, 3.63) is 53.4 Å². The molecule has 2 N–H and O–H groups in total. The van der Waals surface area contributed by atoms with E-state index in [0.29, 0.717) is 31.0 Å². The zero-order valence-electron chi connectivity index (χ0n) is 11.6. The summed E-state index contributed by atoms with van der Waals surface area (Å²) in [6.07, 6.45) is 1.84. The summed E-state index contributed by atoms with van der Waals surface area (Å²) in [6.45, 7) is 0.892. The van der Waals surface area contributed by atoms with E-state index >= 15 is 0 Å². The second-order valence-electron chi connectivity index (χ2n) is 4.33. The lowest BCUT2D eigenvalue weighted by Crippen LogP contribution is -2.38. The largest absolute Gasteiger partial charge is 0.364 e. The molecule has 21 heavy (non-hydrogen) atoms. The SMILES string of the molecule is CN=C(NCCc1cc(F)ccc1F)NCc1ccon1. The van der Waals surface area contributed by atoms with Crippen LogP contribution in [0.15, 0.2) is 40.0 Å². The van der Waals surface area contributed by atoms with Crippen molar-refractivity contribution in [1.29, 1.82) is 0 Å². The molecule has 0 bridgehead atoms. The predicted octanol–water partition coefficient (Wildman–Crippen LogP) is 1.86. The molecule has 0 spiro atoms. The molecule has 0 amide bonds. The Morgan fingerprint density at radius 2 is 2.14 bits per heavy atom. The van der Waals surface area contributed by atoms with Crippen molar-refractivity contribution < 1.29 is 13.3 Å². The Labute approximate surface area is 121 Å². The molecule has 2 rings (SSSR count). The van der Waals surface area contributed by atoms with Crippen molar-refractivity contribution in [2.45, 2.75) is 13.0 Å². The van der Waals surface area contributed by atoms with Crippen LogP contribution in [-0.4, -0.2) is 24.7 Å². The normalized spacial score (nSPS) is 11.5. The number of hydrogen-bond acceptors (Lipinski definition) is 3. The number of halogens is 2. The van der Waals surface area contributed by atoms with Gasteiger partial charge in [-0.15, -0.1) is 0 Å². The number of nitrogens with one attached hydrogen (secondary N) is 2. The highest BCUT2D eigenvalue weighted by molar-refractivity contribution is 5.79. The number of guanidine groups is 1. The lowest BCUT2D eigenvalue weighted by Gasteiger charge is -2.11. The summed E-state index contributed by atoms with van der Waals surface area (Å²) >= 11 is 0. The molecule has 0 aliphatic heterocycles. The minimum Gasteiger partial charge on any atom is -0.364 e. The van der Waals surface area contributed by atoms with Crippen LogP contribution in [0.4, 0.5) is 8.78 Å². The third-order valence-electron chi connectivity index (χ3n) is 2.85. The van der Waals surface area contributed by atoms with Gasteiger partial charge in [-0.1, -0.05) is 5.16 Å². The van der Waals surface area contributed by atoms with Gasteiger partial charge in [-0.2, -0.15) is 0 Å². The number of hydrogen-bond donors (Lipinski definition) is 2. The topological polar surface area (TPSA) is 62.5 Å². The van der Waals surface area contributed by atoms with E-state index in [1.807, 2.05) is 0 Å². The minimum absolute atomic E-state index is 0.328. The van der Waals surface area contributed by atoms with Crippen molar-refractivity contribution in [3.63, 3.8) is 0 Å². The van der Waals surface area contributed by atoms with Crippen molar-refractivity contribution in [1.82, 2.24) is 15.8 Å². The van der Waals surface area contributed by atoms with Crippen molar-refractivity contribution >= 4 is 5.96 Å². The summed E-state index contributed by atoms with van der Waals surface area (Å²) in [4.78, 5) is 4.03. The molecule has 0 fully saturated rings. The van der Waals surface area contributed by atoms with Crippen molar-refractivity contribution in [3.8, 4) is 0 Å². The maximum atomic E-state index is 13.5. The number of aromatic nitrogens is 1. The summed E-state index contributed by atoms with van der Waals surface area (Å²) in [6, 6.07) is 5.16. The molecule has 0 saturated carbocycles. The second-order valence-corrected chi connectivity index (χ2v) is 4.33. The van der Waals surface area contributed by atoms with E-state index in [2.05, 4.69) is 20.8 Å². The Balaban J connectivity index is 1.79. The molecule has 1 heterocycles. The van der Waals surface area contributed by atoms with Gasteiger partial charge in [-0.25, -0.2) is 8.78 Å². The van der Waals surface area contributed by atoms with E-state index in [-0.39, 0.29) is 0 Å². The highest BCUT2D eigenvalue weighted by atomic mass is 19.1. The van der Waals surface area contributed by atoms with Crippen LogP contribution in [0.25, 0.3) is 0 Å². The van der Waals surface area contributed by atoms with Gasteiger partial charge in [-0.05, 0) is 30.2 Å². The maximum absolute atomic E-state index is 13.5. The highest BCUT2D eigenvalue weighted by Crippen LogP contribution is 2.09. The first-order chi connectivity index (χ1) is 10.2. The van der Waals surface area contributed by atoms with Crippen LogP contribution < -0.4 is 10.6 Å². The molecule has 0 unspecified atom stereocenters. The standard InChI is InChI=1S/C14H16F2N4O/c1-17-14(19-9-12-5-7-21-20-12)18-6-4-10-8-11(15)2-3-13(10)16/h2-3,5,7-8H,4,6,9H2,1H3,(H2,17,18,19). The molecule has 0 saturated heterocycles. The maximum Gasteiger partial charge on any atom is 0.191 e. The van der Waals surface area contributed by atoms with Gasteiger partial charge >= 0.3 is 0 Å². The van der Waals surface area contributed by atoms with Gasteiger partial charge in [-0.3, -0.25) is 4.99 Å². The first kappa shape index (κ1) is 15.0. The zero-order chi connectivity index (χ0) is 15.1. The van der Waals surface area contributed by atoms with E-state index in [1.165, 1.54) is 12.3 Å². The third-order valence-corrected chi connectivity index (χ3v) is 2.85. The molecule has 112 valence electrons. The Morgan fingerprint density at radius 3 is 2.86 bits per heavy atom. The molecule has 0 radical (unpaired) electrons. The van der Waals surface area contributed by atoms with Crippen LogP contribution in [0.2, 0.25) is 0 Å². The van der Waals surface area contributed by atoms with E-state index in [0.717, 1.165) is 17.8 Å². The fraction of sp³-hybridized carbons (Fsp3) is 0.286. The molecule has 2 aromatic rings. The number of benzene rings is 1. The minimum atomic E-state index is -0.445. The fourth-order valence-corrected chi connectivity index (χ4v) is 1.77. The first-order valence-electron chi connectivity index (χ1n) is 6.46. The number of rotatable bonds is 5. The quantitative estimate of drug-likeness (QED) is 0.653. The van der Waals surface area contributed by atoms with Crippen LogP contribution >= 0.6 is 0 Å². The summed E-state index contributed by atoms with van der Waals surface area (Å²) in [5.41, 5.74) is 1.07. The lowest BCUT2D eigenvalue weighted by molar-refractivity contribution is 0.410. The summed E-state index contributed by atoms with van der Waals surface area (Å²) in [5, 5.41) is 9.81. The lowest BCUT2D eigenvalue weighted by atomic mass is 10.1. The molecule has 0 aliphatic rings. The third kappa shape index (κ3) is 4.55. The monoisotopic (exact) mass is 294 g/mol. The Bertz CT molecular complexity index is 599. The van der Waals surface area contributed by atoms with Crippen LogP contribution in [-0.2, 0) is 13.0 Å². The summed E-state index contributed by atoms with van der Waals surface area (Å²) in [5.74, 6) is -0.307. The van der Waals surface area contributed by atoms with E-state index < -0.39 is 11.6 Å². The predicted molar refractivity (Wildman–Crippen MR) is 74.8 cm³/mol. The molecule has 0 aliphatic carbocycles. The average molecular weight is 294 g/mol. The van der Waals surface area contributed by atoms with Crippen LogP contribution in [0.1, 0.15) is 11.3 Å². The van der Waals surface area contributed by atoms with E-state index in [4.69, 9.17) is 4.52 Å². The van der Waals surface area contributed by atoms with Gasteiger partial charge in [0.15, 0.2) is 5.96 Å². The fourth-order valence-electron chi connectivity index (χ4n) is 1.77. The Morgan fingerprint density at radius 1 is 1.29 bits per heavy atom. The van der Waals surface area contributed by atoms with Gasteiger partial charge in [0.25, 0.3) is 0 Å². The van der Waals surface area contributed by atoms with Crippen LogP contribution in [0.5, 0.6) is 0 Å². The molecule has 1 aromatic carbocycles. The zero-order valence-corrected chi connectivity index (χ0v) is 11.6.